The summed E-state index contributed by atoms with van der Waals surface area (Å²) in [6.07, 6.45) is 3.77. The summed E-state index contributed by atoms with van der Waals surface area (Å²) in [7, 11) is 0. The van der Waals surface area contributed by atoms with Gasteiger partial charge in [0.2, 0.25) is 0 Å². The molecular weight excluding hydrogens is 424 g/mol. The SMILES string of the molecule is Cc1ccc(-c2ccc(-c3cccc(-c4ccccn4)c3)c3c(-c4ccccc4)nccc23)cc1. The zero-order valence-corrected chi connectivity index (χ0v) is 19.5. The molecule has 0 aliphatic rings. The predicted molar refractivity (Wildman–Crippen MR) is 146 cm³/mol. The predicted octanol–water partition coefficient (Wildman–Crippen LogP) is 8.61. The van der Waals surface area contributed by atoms with Crippen molar-refractivity contribution in [2.45, 2.75) is 6.92 Å². The van der Waals surface area contributed by atoms with E-state index in [1.165, 1.54) is 27.6 Å². The first-order valence-electron chi connectivity index (χ1n) is 11.8. The molecule has 2 aromatic heterocycles. The standard InChI is InChI=1S/C33H24N2/c1-23-13-15-24(16-14-23)28-17-18-29(26-10-7-11-27(22-26)31-12-5-6-20-34-31)32-30(28)19-21-35-33(32)25-8-3-2-4-9-25/h2-22H,1H3. The smallest absolute Gasteiger partial charge is 0.0786 e. The molecule has 0 atom stereocenters. The van der Waals surface area contributed by atoms with Crippen LogP contribution < -0.4 is 0 Å². The summed E-state index contributed by atoms with van der Waals surface area (Å²) in [5.41, 5.74) is 10.2. The first kappa shape index (κ1) is 21.0. The largest absolute Gasteiger partial charge is 0.256 e. The molecule has 2 nitrogen and oxygen atoms in total. The monoisotopic (exact) mass is 448 g/mol. The number of benzene rings is 4. The van der Waals surface area contributed by atoms with E-state index >= 15 is 0 Å². The highest BCUT2D eigenvalue weighted by atomic mass is 14.7. The van der Waals surface area contributed by atoms with Gasteiger partial charge < -0.3 is 0 Å². The molecule has 0 radical (unpaired) electrons. The van der Waals surface area contributed by atoms with Gasteiger partial charge in [-0.2, -0.15) is 0 Å². The average Bonchev–Trinajstić information content (AvgIpc) is 2.94. The normalized spacial score (nSPS) is 11.0. The molecule has 0 saturated carbocycles. The van der Waals surface area contributed by atoms with Crippen LogP contribution in [0.15, 0.2) is 128 Å². The Hall–Kier alpha value is -4.56. The lowest BCUT2D eigenvalue weighted by atomic mass is 9.89. The van der Waals surface area contributed by atoms with Crippen LogP contribution in [0, 0.1) is 6.92 Å². The van der Waals surface area contributed by atoms with E-state index in [9.17, 15) is 0 Å². The Bertz CT molecular complexity index is 1620. The molecule has 166 valence electrons. The Kier molecular flexibility index (Phi) is 5.40. The molecule has 0 N–H and O–H groups in total. The van der Waals surface area contributed by atoms with Gasteiger partial charge in [-0.25, -0.2) is 0 Å². The van der Waals surface area contributed by atoms with Gasteiger partial charge in [0.15, 0.2) is 0 Å². The fourth-order valence-corrected chi connectivity index (χ4v) is 4.72. The summed E-state index contributed by atoms with van der Waals surface area (Å²) in [6, 6.07) is 40.5. The molecule has 2 heterocycles. The van der Waals surface area contributed by atoms with Gasteiger partial charge in [-0.15, -0.1) is 0 Å². The number of aryl methyl sites for hydroxylation is 1. The zero-order valence-electron chi connectivity index (χ0n) is 19.5. The van der Waals surface area contributed by atoms with Crippen molar-refractivity contribution in [2.24, 2.45) is 0 Å². The first-order valence-corrected chi connectivity index (χ1v) is 11.8. The summed E-state index contributed by atoms with van der Waals surface area (Å²) in [5.74, 6) is 0. The maximum atomic E-state index is 4.88. The van der Waals surface area contributed by atoms with E-state index in [2.05, 4.69) is 109 Å². The van der Waals surface area contributed by atoms with Crippen LogP contribution in [0.25, 0.3) is 55.5 Å². The summed E-state index contributed by atoms with van der Waals surface area (Å²) < 4.78 is 0. The average molecular weight is 449 g/mol. The Morgan fingerprint density at radius 1 is 0.486 bits per heavy atom. The van der Waals surface area contributed by atoms with Gasteiger partial charge in [-0.05, 0) is 58.8 Å². The van der Waals surface area contributed by atoms with E-state index in [0.29, 0.717) is 0 Å². The third-order valence-corrected chi connectivity index (χ3v) is 6.47. The number of rotatable bonds is 4. The van der Waals surface area contributed by atoms with E-state index in [-0.39, 0.29) is 0 Å². The number of aromatic nitrogens is 2. The fourth-order valence-electron chi connectivity index (χ4n) is 4.72. The van der Waals surface area contributed by atoms with E-state index in [1.54, 1.807) is 0 Å². The maximum absolute atomic E-state index is 4.88. The van der Waals surface area contributed by atoms with Crippen molar-refractivity contribution in [3.8, 4) is 44.8 Å². The highest BCUT2D eigenvalue weighted by Crippen LogP contribution is 2.40. The maximum Gasteiger partial charge on any atom is 0.0786 e. The Labute approximate surface area is 205 Å². The second-order valence-corrected chi connectivity index (χ2v) is 8.77. The highest BCUT2D eigenvalue weighted by Gasteiger charge is 2.15. The summed E-state index contributed by atoms with van der Waals surface area (Å²) >= 11 is 0. The minimum absolute atomic E-state index is 0.969. The number of nitrogens with zero attached hydrogens (tertiary/aromatic N) is 2. The van der Waals surface area contributed by atoms with Gasteiger partial charge in [-0.1, -0.05) is 96.6 Å². The minimum Gasteiger partial charge on any atom is -0.256 e. The van der Waals surface area contributed by atoms with Crippen molar-refractivity contribution < 1.29 is 0 Å². The van der Waals surface area contributed by atoms with Crippen LogP contribution in [0.2, 0.25) is 0 Å². The van der Waals surface area contributed by atoms with E-state index in [0.717, 1.165) is 33.5 Å². The van der Waals surface area contributed by atoms with Crippen molar-refractivity contribution in [2.75, 3.05) is 0 Å². The van der Waals surface area contributed by atoms with Crippen LogP contribution in [0.4, 0.5) is 0 Å². The molecule has 2 heteroatoms. The van der Waals surface area contributed by atoms with Crippen molar-refractivity contribution in [3.05, 3.63) is 133 Å². The molecule has 35 heavy (non-hydrogen) atoms. The first-order chi connectivity index (χ1) is 17.3. The fraction of sp³-hybridized carbons (Fsp3) is 0.0303. The zero-order chi connectivity index (χ0) is 23.6. The van der Waals surface area contributed by atoms with Crippen LogP contribution in [-0.4, -0.2) is 9.97 Å². The molecule has 0 unspecified atom stereocenters. The van der Waals surface area contributed by atoms with Crippen molar-refractivity contribution in [1.82, 2.24) is 9.97 Å². The molecule has 0 spiro atoms. The summed E-state index contributed by atoms with van der Waals surface area (Å²) in [4.78, 5) is 9.44. The van der Waals surface area contributed by atoms with Crippen LogP contribution in [0.3, 0.4) is 0 Å². The number of hydrogen-bond acceptors (Lipinski definition) is 2. The molecule has 0 aliphatic carbocycles. The molecular formula is C33H24N2. The van der Waals surface area contributed by atoms with E-state index in [4.69, 9.17) is 4.98 Å². The second kappa shape index (κ2) is 9.00. The molecule has 0 bridgehead atoms. The molecule has 0 fully saturated rings. The third kappa shape index (κ3) is 4.00. The van der Waals surface area contributed by atoms with Crippen molar-refractivity contribution in [1.29, 1.82) is 0 Å². The minimum atomic E-state index is 0.969. The summed E-state index contributed by atoms with van der Waals surface area (Å²) in [6.45, 7) is 2.12. The van der Waals surface area contributed by atoms with Gasteiger partial charge in [0.1, 0.15) is 0 Å². The lowest BCUT2D eigenvalue weighted by molar-refractivity contribution is 1.33. The molecule has 6 aromatic rings. The highest BCUT2D eigenvalue weighted by molar-refractivity contribution is 6.11. The number of fused-ring (bicyclic) bond motifs is 1. The van der Waals surface area contributed by atoms with Crippen molar-refractivity contribution >= 4 is 10.8 Å². The second-order valence-electron chi connectivity index (χ2n) is 8.77. The van der Waals surface area contributed by atoms with Crippen LogP contribution in [0.1, 0.15) is 5.56 Å². The third-order valence-electron chi connectivity index (χ3n) is 6.47. The van der Waals surface area contributed by atoms with Crippen LogP contribution in [-0.2, 0) is 0 Å². The van der Waals surface area contributed by atoms with E-state index < -0.39 is 0 Å². The van der Waals surface area contributed by atoms with Crippen molar-refractivity contribution in [3.63, 3.8) is 0 Å². The lowest BCUT2D eigenvalue weighted by Crippen LogP contribution is -1.93. The van der Waals surface area contributed by atoms with E-state index in [1.807, 2.05) is 30.6 Å². The molecule has 0 saturated heterocycles. The molecule has 6 rings (SSSR count). The van der Waals surface area contributed by atoms with Gasteiger partial charge in [0, 0.05) is 28.9 Å². The Morgan fingerprint density at radius 2 is 1.23 bits per heavy atom. The Morgan fingerprint density at radius 3 is 2.03 bits per heavy atom. The van der Waals surface area contributed by atoms with Gasteiger partial charge in [0.25, 0.3) is 0 Å². The number of pyridine rings is 2. The van der Waals surface area contributed by atoms with Gasteiger partial charge in [0.05, 0.1) is 11.4 Å². The number of hydrogen-bond donors (Lipinski definition) is 0. The van der Waals surface area contributed by atoms with Gasteiger partial charge >= 0.3 is 0 Å². The van der Waals surface area contributed by atoms with Gasteiger partial charge in [-0.3, -0.25) is 9.97 Å². The molecule has 0 amide bonds. The molecule has 4 aromatic carbocycles. The van der Waals surface area contributed by atoms with Crippen LogP contribution in [0.5, 0.6) is 0 Å². The topological polar surface area (TPSA) is 25.8 Å². The Balaban J connectivity index is 1.63. The summed E-state index contributed by atoms with van der Waals surface area (Å²) in [5, 5.41) is 2.36. The van der Waals surface area contributed by atoms with Crippen LogP contribution >= 0.6 is 0 Å². The lowest BCUT2D eigenvalue weighted by Gasteiger charge is -2.16. The molecule has 0 aliphatic heterocycles. The quantitative estimate of drug-likeness (QED) is 0.270.